The highest BCUT2D eigenvalue weighted by atomic mass is 19.3. The number of aromatic nitrogens is 2. The van der Waals surface area contributed by atoms with E-state index in [1.807, 2.05) is 0 Å². The van der Waals surface area contributed by atoms with Crippen LogP contribution in [0.1, 0.15) is 55.5 Å². The van der Waals surface area contributed by atoms with E-state index in [2.05, 4.69) is 20.6 Å². The smallest absolute Gasteiger partial charge is 0.407 e. The molecule has 0 atom stereocenters. The molecule has 226 valence electrons. The normalized spacial score (nSPS) is 19.8. The quantitative estimate of drug-likeness (QED) is 0.474. The van der Waals surface area contributed by atoms with Gasteiger partial charge in [-0.15, -0.1) is 0 Å². The lowest BCUT2D eigenvalue weighted by Crippen LogP contribution is -2.55. The van der Waals surface area contributed by atoms with Gasteiger partial charge >= 0.3 is 12.0 Å². The second kappa shape index (κ2) is 10.6. The molecule has 0 bridgehead atoms. The van der Waals surface area contributed by atoms with Crippen molar-refractivity contribution < 1.29 is 32.7 Å². The van der Waals surface area contributed by atoms with Gasteiger partial charge in [0.15, 0.2) is 5.82 Å². The summed E-state index contributed by atoms with van der Waals surface area (Å²) in [4.78, 5) is 48.5. The number of benzene rings is 1. The van der Waals surface area contributed by atoms with Gasteiger partial charge in [-0.05, 0) is 69.6 Å². The number of carbonyl (C=O) groups excluding carboxylic acids is 2. The number of nitrogens with one attached hydrogen (secondary N) is 2. The first-order chi connectivity index (χ1) is 19.7. The Bertz CT molecular complexity index is 1420. The number of amides is 3. The third kappa shape index (κ3) is 5.41. The fourth-order valence-corrected chi connectivity index (χ4v) is 6.06. The van der Waals surface area contributed by atoms with Gasteiger partial charge < -0.3 is 30.4 Å². The summed E-state index contributed by atoms with van der Waals surface area (Å²) in [5.74, 6) is -6.12. The molecule has 1 saturated carbocycles. The molecule has 1 saturated heterocycles. The summed E-state index contributed by atoms with van der Waals surface area (Å²) < 4.78 is 44.3. The number of likely N-dealkylation sites (tertiary alicyclic amines) is 1. The third-order valence-corrected chi connectivity index (χ3v) is 8.59. The summed E-state index contributed by atoms with van der Waals surface area (Å²) in [6, 6.07) is 2.06. The predicted molar refractivity (Wildman–Crippen MR) is 149 cm³/mol. The number of rotatable bonds is 5. The van der Waals surface area contributed by atoms with Crippen LogP contribution in [-0.4, -0.2) is 82.6 Å². The van der Waals surface area contributed by atoms with Crippen LogP contribution >= 0.6 is 0 Å². The standard InChI is InChI=1S/C28H34F3N7O4/c1-15(2)38-14-28(30,31)24(40)36(4)21-13-32-25(35-22(21)38)34-20-10-19(29)18(9-16(20)3)23(39)33-17-11-27(12-17)5-7-37(8-6-27)26(41)42/h9-10,13,15,17H,5-8,11-12,14H2,1-4H3,(H,33,39)(H,41,42)(H,32,34,35). The van der Waals surface area contributed by atoms with E-state index in [-0.39, 0.29) is 40.2 Å². The summed E-state index contributed by atoms with van der Waals surface area (Å²) in [6.45, 7) is 5.20. The van der Waals surface area contributed by atoms with Crippen LogP contribution in [0.15, 0.2) is 18.3 Å². The lowest BCUT2D eigenvalue weighted by atomic mass is 9.60. The first kappa shape index (κ1) is 29.4. The average Bonchev–Trinajstić information content (AvgIpc) is 2.98. The Labute approximate surface area is 241 Å². The van der Waals surface area contributed by atoms with Crippen molar-refractivity contribution in [2.45, 2.75) is 64.5 Å². The van der Waals surface area contributed by atoms with E-state index in [0.717, 1.165) is 36.6 Å². The van der Waals surface area contributed by atoms with Crippen LogP contribution in [0.3, 0.4) is 0 Å². The fourth-order valence-electron chi connectivity index (χ4n) is 6.06. The van der Waals surface area contributed by atoms with Gasteiger partial charge in [0.25, 0.3) is 11.8 Å². The summed E-state index contributed by atoms with van der Waals surface area (Å²) in [6.07, 6.45) is 3.29. The molecule has 3 amide bonds. The highest BCUT2D eigenvalue weighted by Crippen LogP contribution is 2.49. The van der Waals surface area contributed by atoms with Gasteiger partial charge in [-0.2, -0.15) is 13.8 Å². The van der Waals surface area contributed by atoms with Crippen LogP contribution < -0.4 is 20.4 Å². The number of hydrogen-bond donors (Lipinski definition) is 3. The van der Waals surface area contributed by atoms with Crippen molar-refractivity contribution in [3.63, 3.8) is 0 Å². The minimum atomic E-state index is -3.62. The average molecular weight is 590 g/mol. The van der Waals surface area contributed by atoms with Gasteiger partial charge in [0.2, 0.25) is 5.95 Å². The molecule has 0 unspecified atom stereocenters. The van der Waals surface area contributed by atoms with Crippen molar-refractivity contribution in [3.05, 3.63) is 35.3 Å². The number of alkyl halides is 2. The zero-order valence-corrected chi connectivity index (χ0v) is 23.9. The lowest BCUT2D eigenvalue weighted by molar-refractivity contribution is -0.140. The molecule has 3 aliphatic rings. The molecule has 11 nitrogen and oxygen atoms in total. The number of aryl methyl sites for hydroxylation is 1. The maximum absolute atomic E-state index is 15.2. The minimum absolute atomic E-state index is 0.0129. The van der Waals surface area contributed by atoms with Crippen molar-refractivity contribution in [2.24, 2.45) is 5.41 Å². The number of piperidine rings is 1. The lowest BCUT2D eigenvalue weighted by Gasteiger charge is -2.51. The van der Waals surface area contributed by atoms with Gasteiger partial charge in [0.05, 0.1) is 18.3 Å². The van der Waals surface area contributed by atoms with E-state index in [1.165, 1.54) is 29.1 Å². The summed E-state index contributed by atoms with van der Waals surface area (Å²) >= 11 is 0. The maximum atomic E-state index is 15.2. The third-order valence-electron chi connectivity index (χ3n) is 8.59. The zero-order valence-electron chi connectivity index (χ0n) is 23.9. The molecule has 0 radical (unpaired) electrons. The molecule has 3 heterocycles. The fraction of sp³-hybridized carbons (Fsp3) is 0.536. The minimum Gasteiger partial charge on any atom is -0.465 e. The second-order valence-corrected chi connectivity index (χ2v) is 11.8. The van der Waals surface area contributed by atoms with Crippen LogP contribution in [-0.2, 0) is 4.79 Å². The molecule has 5 rings (SSSR count). The van der Waals surface area contributed by atoms with E-state index < -0.39 is 42.2 Å². The summed E-state index contributed by atoms with van der Waals surface area (Å²) in [7, 11) is 1.24. The monoisotopic (exact) mass is 589 g/mol. The summed E-state index contributed by atoms with van der Waals surface area (Å²) in [5, 5.41) is 15.0. The molecule has 3 N–H and O–H groups in total. The van der Waals surface area contributed by atoms with Crippen molar-refractivity contribution in [1.29, 1.82) is 0 Å². The number of anilines is 4. The van der Waals surface area contributed by atoms with Gasteiger partial charge in [0.1, 0.15) is 11.5 Å². The van der Waals surface area contributed by atoms with Crippen molar-refractivity contribution in [3.8, 4) is 0 Å². The van der Waals surface area contributed by atoms with Gasteiger partial charge in [0, 0.05) is 37.9 Å². The molecular weight excluding hydrogens is 555 g/mol. The SMILES string of the molecule is Cc1cc(C(=O)NC2CC3(CCN(C(=O)O)CC3)C2)c(F)cc1Nc1ncc2c(n1)N(C(C)C)CC(F)(F)C(=O)N2C. The molecule has 2 aromatic rings. The molecule has 1 spiro atoms. The Morgan fingerprint density at radius 3 is 2.45 bits per heavy atom. The summed E-state index contributed by atoms with van der Waals surface area (Å²) in [5.41, 5.74) is 0.845. The molecule has 2 fully saturated rings. The van der Waals surface area contributed by atoms with Gasteiger partial charge in [-0.25, -0.2) is 14.2 Å². The molecule has 2 aliphatic heterocycles. The van der Waals surface area contributed by atoms with E-state index in [4.69, 9.17) is 5.11 Å². The Morgan fingerprint density at radius 1 is 1.17 bits per heavy atom. The molecule has 14 heteroatoms. The zero-order chi connectivity index (χ0) is 30.6. The number of carboxylic acid groups (broad SMARTS) is 1. The van der Waals surface area contributed by atoms with E-state index in [0.29, 0.717) is 18.7 Å². The van der Waals surface area contributed by atoms with Gasteiger partial charge in [-0.1, -0.05) is 0 Å². The van der Waals surface area contributed by atoms with Crippen LogP contribution in [0.2, 0.25) is 0 Å². The van der Waals surface area contributed by atoms with E-state index >= 15 is 4.39 Å². The number of carbonyl (C=O) groups is 3. The van der Waals surface area contributed by atoms with Crippen molar-refractivity contribution in [2.75, 3.05) is 41.8 Å². The Kier molecular flexibility index (Phi) is 7.44. The number of nitrogens with zero attached hydrogens (tertiary/aromatic N) is 5. The predicted octanol–water partition coefficient (Wildman–Crippen LogP) is 4.15. The molecule has 1 aliphatic carbocycles. The Balaban J connectivity index is 1.28. The molecule has 1 aromatic carbocycles. The molecular formula is C28H34F3N7O4. The van der Waals surface area contributed by atoms with Crippen LogP contribution in [0, 0.1) is 18.2 Å². The number of halogens is 3. The van der Waals surface area contributed by atoms with Crippen molar-refractivity contribution >= 4 is 41.0 Å². The topological polar surface area (TPSA) is 131 Å². The second-order valence-electron chi connectivity index (χ2n) is 11.8. The van der Waals surface area contributed by atoms with Crippen LogP contribution in [0.5, 0.6) is 0 Å². The molecule has 1 aromatic heterocycles. The van der Waals surface area contributed by atoms with Gasteiger partial charge in [-0.3, -0.25) is 9.59 Å². The Morgan fingerprint density at radius 2 is 1.83 bits per heavy atom. The largest absolute Gasteiger partial charge is 0.465 e. The van der Waals surface area contributed by atoms with Crippen molar-refractivity contribution in [1.82, 2.24) is 20.2 Å². The van der Waals surface area contributed by atoms with Crippen LogP contribution in [0.25, 0.3) is 0 Å². The maximum Gasteiger partial charge on any atom is 0.407 e. The first-order valence-corrected chi connectivity index (χ1v) is 13.9. The highest BCUT2D eigenvalue weighted by molar-refractivity contribution is 6.02. The number of fused-ring (bicyclic) bond motifs is 1. The number of hydrogen-bond acceptors (Lipinski definition) is 7. The van der Waals surface area contributed by atoms with E-state index in [9.17, 15) is 23.2 Å². The van der Waals surface area contributed by atoms with Crippen LogP contribution in [0.4, 0.5) is 41.1 Å². The molecule has 42 heavy (non-hydrogen) atoms. The highest BCUT2D eigenvalue weighted by Gasteiger charge is 2.48. The van der Waals surface area contributed by atoms with E-state index in [1.54, 1.807) is 20.8 Å². The first-order valence-electron chi connectivity index (χ1n) is 13.9. The Hall–Kier alpha value is -4.10.